The normalized spacial score (nSPS) is 10.0. The maximum absolute atomic E-state index is 5.81. The van der Waals surface area contributed by atoms with Gasteiger partial charge in [-0.2, -0.15) is 0 Å². The number of hydrogen-bond donors (Lipinski definition) is 1. The Morgan fingerprint density at radius 2 is 1.71 bits per heavy atom. The highest BCUT2D eigenvalue weighted by Crippen LogP contribution is 2.13. The maximum atomic E-state index is 5.81. The van der Waals surface area contributed by atoms with E-state index in [4.69, 9.17) is 5.73 Å². The summed E-state index contributed by atoms with van der Waals surface area (Å²) in [4.78, 5) is 8.01. The Bertz CT molecular complexity index is 412. The summed E-state index contributed by atoms with van der Waals surface area (Å²) < 4.78 is 0. The highest BCUT2D eigenvalue weighted by atomic mass is 14.7. The highest BCUT2D eigenvalue weighted by molar-refractivity contribution is 5.46. The second kappa shape index (κ2) is 3.87. The predicted molar refractivity (Wildman–Crippen MR) is 55.7 cm³/mol. The number of pyridine rings is 2. The molecule has 0 aliphatic heterocycles. The predicted octanol–water partition coefficient (Wildman–Crippen LogP) is 1.65. The van der Waals surface area contributed by atoms with Gasteiger partial charge in [-0.1, -0.05) is 0 Å². The van der Waals surface area contributed by atoms with Crippen molar-refractivity contribution >= 4 is 5.69 Å². The highest BCUT2D eigenvalue weighted by Gasteiger charge is 1.99. The molecule has 3 nitrogen and oxygen atoms in total. The van der Waals surface area contributed by atoms with Crippen molar-refractivity contribution in [3.8, 4) is 0 Å². The fourth-order valence-electron chi connectivity index (χ4n) is 1.31. The summed E-state index contributed by atoms with van der Waals surface area (Å²) in [6, 6.07) is 5.77. The van der Waals surface area contributed by atoms with Crippen LogP contribution in [0.3, 0.4) is 0 Å². The van der Waals surface area contributed by atoms with Crippen LogP contribution in [0.4, 0.5) is 5.69 Å². The van der Waals surface area contributed by atoms with Crippen molar-refractivity contribution in [2.45, 2.75) is 6.42 Å². The lowest BCUT2D eigenvalue weighted by Gasteiger charge is -2.03. The number of rotatable bonds is 2. The molecular formula is C11H11N3. The van der Waals surface area contributed by atoms with Crippen LogP contribution < -0.4 is 5.73 Å². The average Bonchev–Trinajstić information content (AvgIpc) is 2.23. The summed E-state index contributed by atoms with van der Waals surface area (Å²) in [5.74, 6) is 0. The van der Waals surface area contributed by atoms with Gasteiger partial charge in [-0.3, -0.25) is 9.97 Å². The molecule has 70 valence electrons. The van der Waals surface area contributed by atoms with E-state index in [1.807, 2.05) is 18.2 Å². The number of nitrogens with zero attached hydrogens (tertiary/aromatic N) is 2. The molecule has 0 spiro atoms. The SMILES string of the molecule is Nc1ccncc1Cc1ccncc1. The van der Waals surface area contributed by atoms with Crippen LogP contribution in [0, 0.1) is 0 Å². The van der Waals surface area contributed by atoms with Crippen molar-refractivity contribution in [1.29, 1.82) is 0 Å². The van der Waals surface area contributed by atoms with Crippen LogP contribution in [0.1, 0.15) is 11.1 Å². The van der Waals surface area contributed by atoms with Gasteiger partial charge in [-0.15, -0.1) is 0 Å². The summed E-state index contributed by atoms with van der Waals surface area (Å²) in [6.45, 7) is 0. The second-order valence-electron chi connectivity index (χ2n) is 3.11. The van der Waals surface area contributed by atoms with Crippen LogP contribution >= 0.6 is 0 Å². The number of hydrogen-bond acceptors (Lipinski definition) is 3. The molecule has 2 aromatic heterocycles. The topological polar surface area (TPSA) is 51.8 Å². The lowest BCUT2D eigenvalue weighted by molar-refractivity contribution is 1.13. The molecule has 0 atom stereocenters. The van der Waals surface area contributed by atoms with Crippen molar-refractivity contribution < 1.29 is 0 Å². The molecule has 2 rings (SSSR count). The molecule has 0 saturated carbocycles. The van der Waals surface area contributed by atoms with E-state index in [2.05, 4.69) is 9.97 Å². The number of aromatic nitrogens is 2. The molecule has 3 heteroatoms. The van der Waals surface area contributed by atoms with Gasteiger partial charge >= 0.3 is 0 Å². The molecule has 0 aliphatic carbocycles. The standard InChI is InChI=1S/C11H11N3/c12-11-3-6-14-8-10(11)7-9-1-4-13-5-2-9/h1-6,8H,7H2,(H2,12,14). The molecule has 0 amide bonds. The largest absolute Gasteiger partial charge is 0.398 e. The first-order valence-electron chi connectivity index (χ1n) is 4.43. The maximum Gasteiger partial charge on any atom is 0.0380 e. The minimum atomic E-state index is 0.789. The first-order valence-corrected chi connectivity index (χ1v) is 4.43. The minimum absolute atomic E-state index is 0.789. The fourth-order valence-corrected chi connectivity index (χ4v) is 1.31. The zero-order valence-electron chi connectivity index (χ0n) is 7.72. The summed E-state index contributed by atoms with van der Waals surface area (Å²) >= 11 is 0. The summed E-state index contributed by atoms with van der Waals surface area (Å²) in [5, 5.41) is 0. The van der Waals surface area contributed by atoms with Gasteiger partial charge in [0.1, 0.15) is 0 Å². The molecule has 2 aromatic rings. The zero-order valence-corrected chi connectivity index (χ0v) is 7.72. The Labute approximate surface area is 82.6 Å². The van der Waals surface area contributed by atoms with Crippen molar-refractivity contribution in [2.24, 2.45) is 0 Å². The summed E-state index contributed by atoms with van der Waals surface area (Å²) in [6.07, 6.45) is 7.87. The van der Waals surface area contributed by atoms with Gasteiger partial charge in [0.25, 0.3) is 0 Å². The second-order valence-corrected chi connectivity index (χ2v) is 3.11. The van der Waals surface area contributed by atoms with E-state index in [1.54, 1.807) is 24.8 Å². The van der Waals surface area contributed by atoms with Gasteiger partial charge in [0, 0.05) is 36.9 Å². The van der Waals surface area contributed by atoms with Gasteiger partial charge in [0.05, 0.1) is 0 Å². The molecule has 0 bridgehead atoms. The lowest BCUT2D eigenvalue weighted by Crippen LogP contribution is -1.96. The smallest absolute Gasteiger partial charge is 0.0380 e. The molecule has 2 N–H and O–H groups in total. The third-order valence-electron chi connectivity index (χ3n) is 2.09. The number of anilines is 1. The monoisotopic (exact) mass is 185 g/mol. The van der Waals surface area contributed by atoms with Crippen LogP contribution in [0.25, 0.3) is 0 Å². The number of nitrogen functional groups attached to an aromatic ring is 1. The average molecular weight is 185 g/mol. The first kappa shape index (κ1) is 8.69. The van der Waals surface area contributed by atoms with Crippen LogP contribution in [0.2, 0.25) is 0 Å². The summed E-state index contributed by atoms with van der Waals surface area (Å²) in [5.41, 5.74) is 8.85. The Kier molecular flexibility index (Phi) is 2.40. The van der Waals surface area contributed by atoms with E-state index in [9.17, 15) is 0 Å². The van der Waals surface area contributed by atoms with Crippen LogP contribution in [0.5, 0.6) is 0 Å². The van der Waals surface area contributed by atoms with Crippen molar-refractivity contribution in [1.82, 2.24) is 9.97 Å². The molecule has 14 heavy (non-hydrogen) atoms. The van der Waals surface area contributed by atoms with Gasteiger partial charge in [0.15, 0.2) is 0 Å². The minimum Gasteiger partial charge on any atom is -0.398 e. The Balaban J connectivity index is 2.24. The van der Waals surface area contributed by atoms with E-state index in [0.717, 1.165) is 17.7 Å². The molecule has 0 aromatic carbocycles. The van der Waals surface area contributed by atoms with Gasteiger partial charge < -0.3 is 5.73 Å². The van der Waals surface area contributed by atoms with Gasteiger partial charge in [-0.05, 0) is 29.3 Å². The van der Waals surface area contributed by atoms with Crippen molar-refractivity contribution in [3.63, 3.8) is 0 Å². The van der Waals surface area contributed by atoms with Crippen LogP contribution in [-0.4, -0.2) is 9.97 Å². The summed E-state index contributed by atoms with van der Waals surface area (Å²) in [7, 11) is 0. The van der Waals surface area contributed by atoms with Crippen LogP contribution in [0.15, 0.2) is 43.0 Å². The first-order chi connectivity index (χ1) is 6.86. The van der Waals surface area contributed by atoms with E-state index < -0.39 is 0 Å². The zero-order chi connectivity index (χ0) is 9.80. The van der Waals surface area contributed by atoms with Crippen LogP contribution in [-0.2, 0) is 6.42 Å². The Morgan fingerprint density at radius 3 is 2.43 bits per heavy atom. The van der Waals surface area contributed by atoms with E-state index in [0.29, 0.717) is 0 Å². The van der Waals surface area contributed by atoms with Gasteiger partial charge in [0.2, 0.25) is 0 Å². The number of nitrogens with two attached hydrogens (primary N) is 1. The molecule has 2 heterocycles. The van der Waals surface area contributed by atoms with E-state index in [-0.39, 0.29) is 0 Å². The Morgan fingerprint density at radius 1 is 1.00 bits per heavy atom. The van der Waals surface area contributed by atoms with Crippen molar-refractivity contribution in [2.75, 3.05) is 5.73 Å². The third kappa shape index (κ3) is 1.88. The Hall–Kier alpha value is -1.90. The van der Waals surface area contributed by atoms with E-state index >= 15 is 0 Å². The van der Waals surface area contributed by atoms with Gasteiger partial charge in [-0.25, -0.2) is 0 Å². The molecule has 0 unspecified atom stereocenters. The third-order valence-corrected chi connectivity index (χ3v) is 2.09. The quantitative estimate of drug-likeness (QED) is 0.774. The fraction of sp³-hybridized carbons (Fsp3) is 0.0909. The molecule has 0 saturated heterocycles. The molecule has 0 aliphatic rings. The molecular weight excluding hydrogens is 174 g/mol. The lowest BCUT2D eigenvalue weighted by atomic mass is 10.1. The van der Waals surface area contributed by atoms with Crippen molar-refractivity contribution in [3.05, 3.63) is 54.1 Å². The molecule has 0 radical (unpaired) electrons. The molecule has 0 fully saturated rings. The van der Waals surface area contributed by atoms with E-state index in [1.165, 1.54) is 5.56 Å².